The molecule has 5 nitrogen and oxygen atoms in total. The zero-order chi connectivity index (χ0) is 19.5. The number of pyridine rings is 1. The van der Waals surface area contributed by atoms with Crippen LogP contribution in [0.4, 0.5) is 5.69 Å². The van der Waals surface area contributed by atoms with Crippen molar-refractivity contribution >= 4 is 33.8 Å². The highest BCUT2D eigenvalue weighted by molar-refractivity contribution is 7.13. The van der Waals surface area contributed by atoms with Crippen LogP contribution in [-0.2, 0) is 11.2 Å². The smallest absolute Gasteiger partial charge is 0.251 e. The van der Waals surface area contributed by atoms with Crippen LogP contribution >= 0.6 is 11.3 Å². The SMILES string of the molecule is Cc1cc2ccc(NC(=O)CCc3csc(-c4ccccc4)n3)cc2[nH]c1=O. The molecule has 0 fully saturated rings. The molecule has 4 rings (SSSR count). The Bertz CT molecular complexity index is 1200. The molecule has 0 spiro atoms. The molecule has 28 heavy (non-hydrogen) atoms. The molecule has 2 aromatic heterocycles. The normalized spacial score (nSPS) is 10.9. The fraction of sp³-hybridized carbons (Fsp3) is 0.136. The summed E-state index contributed by atoms with van der Waals surface area (Å²) in [5, 5.41) is 6.79. The number of aromatic amines is 1. The number of rotatable bonds is 5. The van der Waals surface area contributed by atoms with Crippen molar-refractivity contribution in [1.82, 2.24) is 9.97 Å². The number of hydrogen-bond acceptors (Lipinski definition) is 4. The molecule has 0 aliphatic rings. The Kier molecular flexibility index (Phi) is 5.04. The molecule has 1 amide bonds. The van der Waals surface area contributed by atoms with Crippen LogP contribution in [0.5, 0.6) is 0 Å². The minimum atomic E-state index is -0.117. The zero-order valence-corrected chi connectivity index (χ0v) is 16.2. The number of H-pyrrole nitrogens is 1. The first-order valence-corrected chi connectivity index (χ1v) is 9.90. The van der Waals surface area contributed by atoms with E-state index >= 15 is 0 Å². The highest BCUT2D eigenvalue weighted by Crippen LogP contribution is 2.24. The lowest BCUT2D eigenvalue weighted by Crippen LogP contribution is -2.13. The highest BCUT2D eigenvalue weighted by Gasteiger charge is 2.08. The van der Waals surface area contributed by atoms with Gasteiger partial charge in [0, 0.05) is 28.6 Å². The van der Waals surface area contributed by atoms with Crippen LogP contribution in [-0.4, -0.2) is 15.9 Å². The maximum absolute atomic E-state index is 12.3. The molecule has 4 aromatic rings. The van der Waals surface area contributed by atoms with E-state index < -0.39 is 0 Å². The van der Waals surface area contributed by atoms with Crippen LogP contribution in [0.15, 0.2) is 64.8 Å². The maximum Gasteiger partial charge on any atom is 0.251 e. The van der Waals surface area contributed by atoms with Crippen molar-refractivity contribution < 1.29 is 4.79 Å². The number of hydrogen-bond donors (Lipinski definition) is 2. The largest absolute Gasteiger partial charge is 0.326 e. The number of amides is 1. The number of fused-ring (bicyclic) bond motifs is 1. The van der Waals surface area contributed by atoms with E-state index in [0.29, 0.717) is 29.6 Å². The fourth-order valence-corrected chi connectivity index (χ4v) is 3.85. The predicted octanol–water partition coefficient (Wildman–Crippen LogP) is 4.53. The van der Waals surface area contributed by atoms with Gasteiger partial charge in [0.05, 0.1) is 11.2 Å². The number of nitrogens with one attached hydrogen (secondary N) is 2. The molecule has 2 N–H and O–H groups in total. The number of aromatic nitrogens is 2. The van der Waals surface area contributed by atoms with E-state index in [2.05, 4.69) is 15.3 Å². The van der Waals surface area contributed by atoms with E-state index in [0.717, 1.165) is 21.7 Å². The van der Waals surface area contributed by atoms with Gasteiger partial charge in [0.1, 0.15) is 5.01 Å². The number of thiazole rings is 1. The molecular weight excluding hydrogens is 370 g/mol. The topological polar surface area (TPSA) is 74.8 Å². The third-order valence-electron chi connectivity index (χ3n) is 4.50. The van der Waals surface area contributed by atoms with Crippen molar-refractivity contribution in [2.45, 2.75) is 19.8 Å². The van der Waals surface area contributed by atoms with Crippen LogP contribution in [0.2, 0.25) is 0 Å². The van der Waals surface area contributed by atoms with Crippen molar-refractivity contribution in [3.05, 3.63) is 81.6 Å². The molecule has 0 bridgehead atoms. The first kappa shape index (κ1) is 18.1. The van der Waals surface area contributed by atoms with Gasteiger partial charge < -0.3 is 10.3 Å². The van der Waals surface area contributed by atoms with Crippen LogP contribution in [0.1, 0.15) is 17.7 Å². The van der Waals surface area contributed by atoms with Gasteiger partial charge in [-0.2, -0.15) is 0 Å². The van der Waals surface area contributed by atoms with Crippen molar-refractivity contribution in [3.63, 3.8) is 0 Å². The Labute approximate surface area is 166 Å². The fourth-order valence-electron chi connectivity index (χ4n) is 2.99. The van der Waals surface area contributed by atoms with Gasteiger partial charge in [0.25, 0.3) is 5.56 Å². The molecule has 0 aliphatic carbocycles. The Balaban J connectivity index is 1.40. The number of aryl methyl sites for hydroxylation is 2. The quantitative estimate of drug-likeness (QED) is 0.526. The molecule has 2 heterocycles. The molecule has 0 saturated carbocycles. The van der Waals surface area contributed by atoms with Gasteiger partial charge in [0.2, 0.25) is 5.91 Å². The van der Waals surface area contributed by atoms with Gasteiger partial charge in [-0.1, -0.05) is 36.4 Å². The van der Waals surface area contributed by atoms with E-state index in [-0.39, 0.29) is 11.5 Å². The number of carbonyl (C=O) groups is 1. The summed E-state index contributed by atoms with van der Waals surface area (Å²) in [5.74, 6) is -0.0805. The third-order valence-corrected chi connectivity index (χ3v) is 5.44. The summed E-state index contributed by atoms with van der Waals surface area (Å²) in [6.07, 6.45) is 0.930. The molecule has 0 saturated heterocycles. The van der Waals surface area contributed by atoms with Gasteiger partial charge in [-0.05, 0) is 36.9 Å². The molecule has 6 heteroatoms. The first-order chi connectivity index (χ1) is 13.6. The third kappa shape index (κ3) is 4.02. The van der Waals surface area contributed by atoms with Crippen LogP contribution in [0, 0.1) is 6.92 Å². The molecule has 2 aromatic carbocycles. The monoisotopic (exact) mass is 389 g/mol. The Morgan fingerprint density at radius 1 is 1.14 bits per heavy atom. The molecular formula is C22H19N3O2S. The van der Waals surface area contributed by atoms with Crippen LogP contribution < -0.4 is 10.9 Å². The molecule has 0 aliphatic heterocycles. The van der Waals surface area contributed by atoms with E-state index in [1.165, 1.54) is 0 Å². The van der Waals surface area contributed by atoms with Gasteiger partial charge in [-0.25, -0.2) is 4.98 Å². The van der Waals surface area contributed by atoms with E-state index in [9.17, 15) is 9.59 Å². The average molecular weight is 389 g/mol. The number of anilines is 1. The summed E-state index contributed by atoms with van der Waals surface area (Å²) in [6.45, 7) is 1.77. The highest BCUT2D eigenvalue weighted by atomic mass is 32.1. The number of nitrogens with zero attached hydrogens (tertiary/aromatic N) is 1. The van der Waals surface area contributed by atoms with E-state index in [1.807, 2.05) is 53.9 Å². The number of benzene rings is 2. The second kappa shape index (κ2) is 7.78. The zero-order valence-electron chi connectivity index (χ0n) is 15.4. The molecule has 0 radical (unpaired) electrons. The van der Waals surface area contributed by atoms with Gasteiger partial charge in [-0.3, -0.25) is 9.59 Å². The van der Waals surface area contributed by atoms with Crippen molar-refractivity contribution in [1.29, 1.82) is 0 Å². The summed E-state index contributed by atoms with van der Waals surface area (Å²) in [4.78, 5) is 31.5. The summed E-state index contributed by atoms with van der Waals surface area (Å²) in [7, 11) is 0. The van der Waals surface area contributed by atoms with Gasteiger partial charge in [0.15, 0.2) is 0 Å². The first-order valence-electron chi connectivity index (χ1n) is 9.02. The Morgan fingerprint density at radius 3 is 2.79 bits per heavy atom. The Hall–Kier alpha value is -3.25. The number of carbonyl (C=O) groups excluding carboxylic acids is 1. The average Bonchev–Trinajstić information content (AvgIpc) is 3.17. The summed E-state index contributed by atoms with van der Waals surface area (Å²) >= 11 is 1.59. The van der Waals surface area contributed by atoms with Crippen molar-refractivity contribution in [2.24, 2.45) is 0 Å². The van der Waals surface area contributed by atoms with Crippen LogP contribution in [0.3, 0.4) is 0 Å². The summed E-state index contributed by atoms with van der Waals surface area (Å²) in [6, 6.07) is 17.4. The van der Waals surface area contributed by atoms with E-state index in [4.69, 9.17) is 0 Å². The van der Waals surface area contributed by atoms with Crippen LogP contribution in [0.25, 0.3) is 21.5 Å². The van der Waals surface area contributed by atoms with E-state index in [1.54, 1.807) is 24.3 Å². The summed E-state index contributed by atoms with van der Waals surface area (Å²) in [5.41, 5.74) is 3.93. The summed E-state index contributed by atoms with van der Waals surface area (Å²) < 4.78 is 0. The molecule has 0 unspecified atom stereocenters. The van der Waals surface area contributed by atoms with Crippen molar-refractivity contribution in [3.8, 4) is 10.6 Å². The van der Waals surface area contributed by atoms with Gasteiger partial charge >= 0.3 is 0 Å². The second-order valence-corrected chi connectivity index (χ2v) is 7.50. The lowest BCUT2D eigenvalue weighted by molar-refractivity contribution is -0.116. The molecule has 140 valence electrons. The Morgan fingerprint density at radius 2 is 1.96 bits per heavy atom. The van der Waals surface area contributed by atoms with Crippen molar-refractivity contribution in [2.75, 3.05) is 5.32 Å². The van der Waals surface area contributed by atoms with Gasteiger partial charge in [-0.15, -0.1) is 11.3 Å². The second-order valence-electron chi connectivity index (χ2n) is 6.64. The standard InChI is InChI=1S/C22H19N3O2S/c1-14-11-16-7-8-17(12-19(16)25-21(14)27)23-20(26)10-9-18-13-28-22(24-18)15-5-3-2-4-6-15/h2-8,11-13H,9-10H2,1H3,(H,23,26)(H,25,27). The minimum Gasteiger partial charge on any atom is -0.326 e. The lowest BCUT2D eigenvalue weighted by atomic mass is 10.1. The molecule has 0 atom stereocenters. The minimum absolute atomic E-state index is 0.0805. The lowest BCUT2D eigenvalue weighted by Gasteiger charge is -2.06. The predicted molar refractivity (Wildman–Crippen MR) is 114 cm³/mol. The maximum atomic E-state index is 12.3.